The van der Waals surface area contributed by atoms with Crippen LogP contribution in [0.3, 0.4) is 0 Å². The van der Waals surface area contributed by atoms with Crippen molar-refractivity contribution < 1.29 is 14.7 Å². The maximum Gasteiger partial charge on any atom is 0.291 e. The molecule has 0 atom stereocenters. The SMILES string of the molecule is CC.N#Cc1cnc(C(=O)Nc2ccc(-c3cccc[n+]3O)cc2C2=CCCCC2)[nH]1. The maximum atomic E-state index is 12.6. The molecule has 1 aliphatic rings. The Labute approximate surface area is 181 Å². The summed E-state index contributed by atoms with van der Waals surface area (Å²) in [6.45, 7) is 4.00. The van der Waals surface area contributed by atoms with E-state index < -0.39 is 5.91 Å². The van der Waals surface area contributed by atoms with Crippen LogP contribution in [0.2, 0.25) is 0 Å². The van der Waals surface area contributed by atoms with Gasteiger partial charge in [-0.05, 0) is 55.5 Å². The van der Waals surface area contributed by atoms with Gasteiger partial charge in [0.25, 0.3) is 11.6 Å². The number of rotatable bonds is 4. The van der Waals surface area contributed by atoms with Gasteiger partial charge in [0.2, 0.25) is 6.20 Å². The number of pyridine rings is 1. The first kappa shape index (κ1) is 21.8. The van der Waals surface area contributed by atoms with Crippen molar-refractivity contribution in [3.05, 3.63) is 71.9 Å². The number of aromatic nitrogens is 3. The third-order valence-electron chi connectivity index (χ3n) is 4.95. The second-order valence-electron chi connectivity index (χ2n) is 6.88. The van der Waals surface area contributed by atoms with Crippen molar-refractivity contribution in [3.63, 3.8) is 0 Å². The molecule has 0 aliphatic heterocycles. The Bertz CT molecular complexity index is 1140. The Morgan fingerprint density at radius 3 is 2.77 bits per heavy atom. The molecule has 0 saturated heterocycles. The number of allylic oxidation sites excluding steroid dienone is 2. The van der Waals surface area contributed by atoms with Crippen molar-refractivity contribution in [2.45, 2.75) is 39.5 Å². The molecule has 1 amide bonds. The van der Waals surface area contributed by atoms with Gasteiger partial charge in [-0.1, -0.05) is 19.9 Å². The number of nitrogens with zero attached hydrogens (tertiary/aromatic N) is 3. The molecule has 7 heteroatoms. The summed E-state index contributed by atoms with van der Waals surface area (Å²) in [6, 6.07) is 13.0. The maximum absolute atomic E-state index is 12.6. The highest BCUT2D eigenvalue weighted by Crippen LogP contribution is 2.34. The molecule has 0 bridgehead atoms. The minimum atomic E-state index is -0.408. The van der Waals surface area contributed by atoms with Crippen LogP contribution < -0.4 is 10.0 Å². The highest BCUT2D eigenvalue weighted by atomic mass is 16.5. The lowest BCUT2D eigenvalue weighted by Crippen LogP contribution is -2.31. The van der Waals surface area contributed by atoms with Crippen LogP contribution in [0, 0.1) is 11.3 Å². The molecule has 2 heterocycles. The molecule has 0 saturated carbocycles. The van der Waals surface area contributed by atoms with Crippen LogP contribution in [0.4, 0.5) is 5.69 Å². The first-order chi connectivity index (χ1) is 15.2. The van der Waals surface area contributed by atoms with E-state index in [4.69, 9.17) is 5.26 Å². The minimum Gasteiger partial charge on any atom is -0.326 e. The second kappa shape index (κ2) is 10.2. The van der Waals surface area contributed by atoms with E-state index >= 15 is 0 Å². The second-order valence-corrected chi connectivity index (χ2v) is 6.88. The topological polar surface area (TPSA) is 106 Å². The van der Waals surface area contributed by atoms with E-state index in [1.807, 2.05) is 50.2 Å². The standard InChI is InChI=1S/C22H19N5O2.C2H6/c23-13-17-14-24-21(25-17)22(28)26-19-10-9-16(20-8-4-5-11-27(20)29)12-18(19)15-6-2-1-3-7-15;1-2/h4-6,8-12,14,29H,1-3,7H2,(H,24,25,28);1-2H3/p+1. The Balaban J connectivity index is 0.00000132. The van der Waals surface area contributed by atoms with Crippen molar-refractivity contribution in [1.82, 2.24) is 9.97 Å². The largest absolute Gasteiger partial charge is 0.326 e. The molecule has 3 N–H and O–H groups in total. The van der Waals surface area contributed by atoms with E-state index in [1.54, 1.807) is 12.3 Å². The number of hydrogen-bond acceptors (Lipinski definition) is 4. The van der Waals surface area contributed by atoms with Crippen LogP contribution in [0.25, 0.3) is 16.8 Å². The van der Waals surface area contributed by atoms with E-state index in [1.165, 1.54) is 11.8 Å². The Morgan fingerprint density at radius 1 is 1.26 bits per heavy atom. The lowest BCUT2D eigenvalue weighted by Gasteiger charge is -2.17. The zero-order chi connectivity index (χ0) is 22.2. The number of hydrogen-bond donors (Lipinski definition) is 3. The molecule has 3 aromatic rings. The van der Waals surface area contributed by atoms with Crippen LogP contribution in [0.15, 0.2) is 54.9 Å². The molecule has 4 rings (SSSR count). The zero-order valence-electron chi connectivity index (χ0n) is 17.7. The van der Waals surface area contributed by atoms with Gasteiger partial charge in [0, 0.05) is 28.1 Å². The summed E-state index contributed by atoms with van der Waals surface area (Å²) in [5.41, 5.74) is 4.50. The average molecular weight is 417 g/mol. The van der Waals surface area contributed by atoms with Gasteiger partial charge >= 0.3 is 0 Å². The third-order valence-corrected chi connectivity index (χ3v) is 4.95. The summed E-state index contributed by atoms with van der Waals surface area (Å²) in [4.78, 5) is 19.3. The summed E-state index contributed by atoms with van der Waals surface area (Å²) < 4.78 is 1.08. The molecule has 0 spiro atoms. The summed E-state index contributed by atoms with van der Waals surface area (Å²) >= 11 is 0. The van der Waals surface area contributed by atoms with Crippen LogP contribution in [0.1, 0.15) is 61.4 Å². The van der Waals surface area contributed by atoms with Crippen molar-refractivity contribution in [2.75, 3.05) is 5.32 Å². The van der Waals surface area contributed by atoms with Crippen LogP contribution in [-0.4, -0.2) is 21.1 Å². The fourth-order valence-corrected chi connectivity index (χ4v) is 3.50. The summed E-state index contributed by atoms with van der Waals surface area (Å²) in [5.74, 6) is -0.320. The fourth-order valence-electron chi connectivity index (χ4n) is 3.50. The monoisotopic (exact) mass is 416 g/mol. The number of aromatic amines is 1. The van der Waals surface area contributed by atoms with E-state index in [0.29, 0.717) is 11.4 Å². The number of amides is 1. The van der Waals surface area contributed by atoms with Gasteiger partial charge < -0.3 is 10.3 Å². The number of nitrogens with one attached hydrogen (secondary N) is 2. The Morgan fingerprint density at radius 2 is 2.10 bits per heavy atom. The molecule has 1 aliphatic carbocycles. The number of anilines is 1. The fraction of sp³-hybridized carbons (Fsp3) is 0.250. The first-order valence-electron chi connectivity index (χ1n) is 10.5. The van der Waals surface area contributed by atoms with E-state index in [2.05, 4.69) is 21.4 Å². The molecular formula is C24H26N5O2+. The van der Waals surface area contributed by atoms with Gasteiger partial charge in [-0.2, -0.15) is 5.26 Å². The zero-order valence-corrected chi connectivity index (χ0v) is 17.7. The van der Waals surface area contributed by atoms with E-state index in [0.717, 1.165) is 41.5 Å². The third kappa shape index (κ3) is 4.98. The lowest BCUT2D eigenvalue weighted by molar-refractivity contribution is -0.896. The molecular weight excluding hydrogens is 390 g/mol. The molecule has 2 aromatic heterocycles. The minimum absolute atomic E-state index is 0.0884. The smallest absolute Gasteiger partial charge is 0.291 e. The average Bonchev–Trinajstić information content (AvgIpc) is 3.31. The number of imidazole rings is 1. The molecule has 0 radical (unpaired) electrons. The summed E-state index contributed by atoms with van der Waals surface area (Å²) in [6.07, 6.45) is 9.30. The van der Waals surface area contributed by atoms with Gasteiger partial charge in [0.05, 0.1) is 11.8 Å². The predicted molar refractivity (Wildman–Crippen MR) is 118 cm³/mol. The Hall–Kier alpha value is -3.92. The van der Waals surface area contributed by atoms with Gasteiger partial charge in [0.15, 0.2) is 5.82 Å². The quantitative estimate of drug-likeness (QED) is 0.423. The van der Waals surface area contributed by atoms with Crippen molar-refractivity contribution in [1.29, 1.82) is 5.26 Å². The highest BCUT2D eigenvalue weighted by Gasteiger charge is 2.19. The van der Waals surface area contributed by atoms with E-state index in [-0.39, 0.29) is 11.5 Å². The van der Waals surface area contributed by atoms with Gasteiger partial charge in [-0.25, -0.2) is 4.98 Å². The van der Waals surface area contributed by atoms with Gasteiger partial charge in [0.1, 0.15) is 11.8 Å². The molecule has 1 aromatic carbocycles. The lowest BCUT2D eigenvalue weighted by atomic mass is 9.91. The number of carbonyl (C=O) groups excluding carboxylic acids is 1. The van der Waals surface area contributed by atoms with Gasteiger partial charge in [-0.15, -0.1) is 0 Å². The highest BCUT2D eigenvalue weighted by molar-refractivity contribution is 6.03. The summed E-state index contributed by atoms with van der Waals surface area (Å²) in [5, 5.41) is 22.0. The normalized spacial score (nSPS) is 12.7. The van der Waals surface area contributed by atoms with Crippen LogP contribution in [0.5, 0.6) is 0 Å². The van der Waals surface area contributed by atoms with Gasteiger partial charge in [-0.3, -0.25) is 10.0 Å². The summed E-state index contributed by atoms with van der Waals surface area (Å²) in [7, 11) is 0. The molecule has 158 valence electrons. The molecule has 31 heavy (non-hydrogen) atoms. The van der Waals surface area contributed by atoms with Crippen LogP contribution in [-0.2, 0) is 0 Å². The number of nitriles is 1. The van der Waals surface area contributed by atoms with Crippen molar-refractivity contribution >= 4 is 17.2 Å². The Kier molecular flexibility index (Phi) is 7.17. The molecule has 0 fully saturated rings. The number of carbonyl (C=O) groups is 1. The first-order valence-corrected chi connectivity index (χ1v) is 10.5. The predicted octanol–water partition coefficient (Wildman–Crippen LogP) is 4.71. The van der Waals surface area contributed by atoms with E-state index in [9.17, 15) is 10.0 Å². The molecule has 7 nitrogen and oxygen atoms in total. The van der Waals surface area contributed by atoms with Crippen LogP contribution >= 0.6 is 0 Å². The van der Waals surface area contributed by atoms with Crippen molar-refractivity contribution in [3.8, 4) is 17.3 Å². The number of H-pyrrole nitrogens is 1. The molecule has 0 unspecified atom stereocenters. The number of benzene rings is 1. The van der Waals surface area contributed by atoms with Crippen molar-refractivity contribution in [2.24, 2.45) is 0 Å².